The van der Waals surface area contributed by atoms with Gasteiger partial charge < -0.3 is 14.8 Å². The molecule has 29 heavy (non-hydrogen) atoms. The molecular weight excluding hydrogens is 376 g/mol. The highest BCUT2D eigenvalue weighted by Crippen LogP contribution is 2.42. The van der Waals surface area contributed by atoms with Crippen molar-refractivity contribution in [3.63, 3.8) is 0 Å². The minimum Gasteiger partial charge on any atom is -0.351 e. The summed E-state index contributed by atoms with van der Waals surface area (Å²) >= 11 is 5.81. The van der Waals surface area contributed by atoms with E-state index in [4.69, 9.17) is 12.2 Å². The molecule has 150 valence electrons. The number of hydrogen-bond acceptors (Lipinski definition) is 2. The fourth-order valence-corrected chi connectivity index (χ4v) is 4.20. The highest BCUT2D eigenvalue weighted by atomic mass is 32.1. The molecule has 4 rings (SSSR count). The van der Waals surface area contributed by atoms with Crippen LogP contribution in [-0.4, -0.2) is 14.7 Å². The summed E-state index contributed by atoms with van der Waals surface area (Å²) in [5.41, 5.74) is 5.89. The van der Waals surface area contributed by atoms with Gasteiger partial charge in [0.05, 0.1) is 17.8 Å². The second-order valence-corrected chi connectivity index (χ2v) is 9.17. The normalized spacial score (nSPS) is 19.5. The molecule has 5 heteroatoms. The first-order chi connectivity index (χ1) is 13.8. The van der Waals surface area contributed by atoms with E-state index in [1.54, 1.807) is 0 Å². The third kappa shape index (κ3) is 3.67. The van der Waals surface area contributed by atoms with E-state index in [0.29, 0.717) is 0 Å². The molecule has 1 aromatic carbocycles. The Morgan fingerprint density at radius 2 is 1.83 bits per heavy atom. The molecule has 1 fully saturated rings. The number of benzene rings is 1. The second-order valence-electron chi connectivity index (χ2n) is 8.79. The molecule has 2 aromatic heterocycles. The molecule has 1 N–H and O–H groups in total. The minimum atomic E-state index is -0.0128. The number of pyridine rings is 1. The molecule has 0 spiro atoms. The van der Waals surface area contributed by atoms with Crippen LogP contribution in [-0.2, 0) is 5.54 Å². The summed E-state index contributed by atoms with van der Waals surface area (Å²) in [5.74, 6) is 0. The minimum absolute atomic E-state index is 0.0128. The van der Waals surface area contributed by atoms with Crippen molar-refractivity contribution in [3.8, 4) is 0 Å². The van der Waals surface area contributed by atoms with Crippen LogP contribution in [0, 0.1) is 13.8 Å². The lowest BCUT2D eigenvalue weighted by atomic mass is 9.98. The van der Waals surface area contributed by atoms with Gasteiger partial charge in [-0.2, -0.15) is 0 Å². The summed E-state index contributed by atoms with van der Waals surface area (Å²) in [6, 6.07) is 14.8. The van der Waals surface area contributed by atoms with Gasteiger partial charge in [0, 0.05) is 29.8 Å². The summed E-state index contributed by atoms with van der Waals surface area (Å²) < 4.78 is 2.26. The zero-order valence-corrected chi connectivity index (χ0v) is 18.5. The molecule has 1 saturated heterocycles. The van der Waals surface area contributed by atoms with Crippen molar-refractivity contribution in [1.82, 2.24) is 14.9 Å². The Hall–Kier alpha value is -2.66. The highest BCUT2D eigenvalue weighted by Gasteiger charge is 2.41. The van der Waals surface area contributed by atoms with Crippen LogP contribution in [0.2, 0.25) is 0 Å². The highest BCUT2D eigenvalue weighted by molar-refractivity contribution is 7.80. The van der Waals surface area contributed by atoms with E-state index in [2.05, 4.69) is 97.1 Å². The number of rotatable bonds is 3. The lowest BCUT2D eigenvalue weighted by molar-refractivity contribution is 0.397. The molecule has 0 amide bonds. The number of aromatic nitrogens is 2. The standard InChI is InChI=1S/C24H28N4S/c1-16-9-10-19(14-17(16)2)28-22(18-11-13-27(15-18)24(3,4)5)21(26-23(28)29)20-8-6-7-12-25-20/h6-15,21-22H,1-5H3,(H,26,29). The lowest BCUT2D eigenvalue weighted by Crippen LogP contribution is -2.29. The zero-order valence-electron chi connectivity index (χ0n) is 17.7. The average Bonchev–Trinajstić information content (AvgIpc) is 3.29. The van der Waals surface area contributed by atoms with Crippen LogP contribution in [0.15, 0.2) is 61.1 Å². The zero-order chi connectivity index (χ0) is 20.8. The van der Waals surface area contributed by atoms with Crippen molar-refractivity contribution in [3.05, 3.63) is 83.4 Å². The number of nitrogens with zero attached hydrogens (tertiary/aromatic N) is 3. The topological polar surface area (TPSA) is 33.1 Å². The van der Waals surface area contributed by atoms with Crippen molar-refractivity contribution >= 4 is 23.0 Å². The molecule has 1 aliphatic heterocycles. The number of hydrogen-bond donors (Lipinski definition) is 1. The van der Waals surface area contributed by atoms with E-state index in [0.717, 1.165) is 16.5 Å². The molecular formula is C24H28N4S. The Morgan fingerprint density at radius 3 is 2.45 bits per heavy atom. The summed E-state index contributed by atoms with van der Waals surface area (Å²) in [7, 11) is 0. The molecule has 0 saturated carbocycles. The molecule has 3 heterocycles. The fraction of sp³-hybridized carbons (Fsp3) is 0.333. The van der Waals surface area contributed by atoms with Crippen LogP contribution < -0.4 is 10.2 Å². The van der Waals surface area contributed by atoms with Gasteiger partial charge in [-0.05, 0) is 93.9 Å². The van der Waals surface area contributed by atoms with Crippen LogP contribution >= 0.6 is 12.2 Å². The predicted molar refractivity (Wildman–Crippen MR) is 123 cm³/mol. The summed E-state index contributed by atoms with van der Waals surface area (Å²) in [6.07, 6.45) is 6.24. The Bertz CT molecular complexity index is 1030. The SMILES string of the molecule is Cc1ccc(N2C(=S)NC(c3ccccn3)C2c2ccn(C(C)(C)C)c2)cc1C. The van der Waals surface area contributed by atoms with Crippen molar-refractivity contribution in [1.29, 1.82) is 0 Å². The summed E-state index contributed by atoms with van der Waals surface area (Å²) in [5, 5.41) is 4.27. The first kappa shape index (κ1) is 19.6. The van der Waals surface area contributed by atoms with Gasteiger partial charge in [0.15, 0.2) is 5.11 Å². The Balaban J connectivity index is 1.83. The Labute approximate surface area is 178 Å². The van der Waals surface area contributed by atoms with E-state index < -0.39 is 0 Å². The maximum absolute atomic E-state index is 5.81. The van der Waals surface area contributed by atoms with Crippen LogP contribution in [0.25, 0.3) is 0 Å². The van der Waals surface area contributed by atoms with Crippen LogP contribution in [0.3, 0.4) is 0 Å². The molecule has 2 unspecified atom stereocenters. The number of aryl methyl sites for hydroxylation is 2. The lowest BCUT2D eigenvalue weighted by Gasteiger charge is -2.28. The second kappa shape index (κ2) is 7.30. The molecule has 1 aliphatic rings. The van der Waals surface area contributed by atoms with Gasteiger partial charge in [-0.25, -0.2) is 0 Å². The van der Waals surface area contributed by atoms with Gasteiger partial charge >= 0.3 is 0 Å². The summed E-state index contributed by atoms with van der Waals surface area (Å²) in [6.45, 7) is 10.9. The van der Waals surface area contributed by atoms with E-state index in [9.17, 15) is 0 Å². The quantitative estimate of drug-likeness (QED) is 0.590. The Kier molecular flexibility index (Phi) is 4.95. The number of thiocarbonyl (C=S) groups is 1. The van der Waals surface area contributed by atoms with Crippen LogP contribution in [0.4, 0.5) is 5.69 Å². The maximum atomic E-state index is 5.81. The molecule has 0 aliphatic carbocycles. The van der Waals surface area contributed by atoms with Crippen molar-refractivity contribution in [2.75, 3.05) is 4.90 Å². The van der Waals surface area contributed by atoms with Crippen molar-refractivity contribution < 1.29 is 0 Å². The molecule has 4 nitrogen and oxygen atoms in total. The number of nitrogens with one attached hydrogen (secondary N) is 1. The third-order valence-electron chi connectivity index (χ3n) is 5.70. The third-order valence-corrected chi connectivity index (χ3v) is 6.01. The van der Waals surface area contributed by atoms with Crippen LogP contribution in [0.1, 0.15) is 55.2 Å². The van der Waals surface area contributed by atoms with Gasteiger partial charge in [-0.1, -0.05) is 12.1 Å². The molecule has 2 atom stereocenters. The Morgan fingerprint density at radius 1 is 1.03 bits per heavy atom. The largest absolute Gasteiger partial charge is 0.351 e. The fourth-order valence-electron chi connectivity index (χ4n) is 3.85. The van der Waals surface area contributed by atoms with Crippen LogP contribution in [0.5, 0.6) is 0 Å². The smallest absolute Gasteiger partial charge is 0.174 e. The predicted octanol–water partition coefficient (Wildman–Crippen LogP) is 5.43. The molecule has 0 bridgehead atoms. The van der Waals surface area contributed by atoms with E-state index >= 15 is 0 Å². The van der Waals surface area contributed by atoms with E-state index in [-0.39, 0.29) is 17.6 Å². The van der Waals surface area contributed by atoms with Gasteiger partial charge in [-0.3, -0.25) is 4.98 Å². The first-order valence-corrected chi connectivity index (χ1v) is 10.4. The average molecular weight is 405 g/mol. The maximum Gasteiger partial charge on any atom is 0.174 e. The number of anilines is 1. The van der Waals surface area contributed by atoms with Crippen molar-refractivity contribution in [2.45, 2.75) is 52.2 Å². The van der Waals surface area contributed by atoms with Gasteiger partial charge in [0.1, 0.15) is 0 Å². The molecule has 0 radical (unpaired) electrons. The van der Waals surface area contributed by atoms with E-state index in [1.807, 2.05) is 18.3 Å². The first-order valence-electron chi connectivity index (χ1n) is 10.0. The van der Waals surface area contributed by atoms with E-state index in [1.165, 1.54) is 16.7 Å². The molecule has 3 aromatic rings. The monoisotopic (exact) mass is 404 g/mol. The van der Waals surface area contributed by atoms with Gasteiger partial charge in [0.2, 0.25) is 0 Å². The van der Waals surface area contributed by atoms with Crippen molar-refractivity contribution in [2.24, 2.45) is 0 Å². The summed E-state index contributed by atoms with van der Waals surface area (Å²) in [4.78, 5) is 6.87. The van der Waals surface area contributed by atoms with Gasteiger partial charge in [-0.15, -0.1) is 0 Å². The van der Waals surface area contributed by atoms with Gasteiger partial charge in [0.25, 0.3) is 0 Å².